The highest BCUT2D eigenvalue weighted by Gasteiger charge is 2.47. The van der Waals surface area contributed by atoms with Crippen molar-refractivity contribution < 1.29 is 23.1 Å². The van der Waals surface area contributed by atoms with Crippen molar-refractivity contribution in [3.05, 3.63) is 58.9 Å². The maximum absolute atomic E-state index is 14.4. The van der Waals surface area contributed by atoms with Crippen molar-refractivity contribution in [2.75, 3.05) is 25.5 Å². The fourth-order valence-corrected chi connectivity index (χ4v) is 3.18. The second-order valence-corrected chi connectivity index (χ2v) is 7.17. The molecule has 5 nitrogen and oxygen atoms in total. The number of halogens is 3. The quantitative estimate of drug-likeness (QED) is 0.731. The average molecular weight is 393 g/mol. The molecule has 1 heterocycles. The zero-order chi connectivity index (χ0) is 20.6. The van der Waals surface area contributed by atoms with E-state index in [2.05, 4.69) is 10.6 Å². The lowest BCUT2D eigenvalue weighted by molar-refractivity contribution is -0.0990. The van der Waals surface area contributed by atoms with Crippen molar-refractivity contribution in [1.82, 2.24) is 10.2 Å². The van der Waals surface area contributed by atoms with Gasteiger partial charge in [-0.1, -0.05) is 6.07 Å². The minimum atomic E-state index is -1.27. The Bertz CT molecular complexity index is 914. The summed E-state index contributed by atoms with van der Waals surface area (Å²) in [6.45, 7) is 3.57. The van der Waals surface area contributed by atoms with Gasteiger partial charge in [0.05, 0.1) is 30.0 Å². The van der Waals surface area contributed by atoms with Crippen LogP contribution in [0.5, 0.6) is 0 Å². The van der Waals surface area contributed by atoms with E-state index in [1.54, 1.807) is 27.0 Å². The number of likely N-dealkylation sites (tertiary alicyclic amines) is 1. The average Bonchev–Trinajstić information content (AvgIpc) is 2.63. The molecule has 1 atom stereocenters. The van der Waals surface area contributed by atoms with Crippen LogP contribution in [-0.4, -0.2) is 47.7 Å². The van der Waals surface area contributed by atoms with Crippen LogP contribution >= 0.6 is 0 Å². The van der Waals surface area contributed by atoms with Crippen molar-refractivity contribution in [3.63, 3.8) is 0 Å². The van der Waals surface area contributed by atoms with Crippen LogP contribution in [0.3, 0.4) is 0 Å². The van der Waals surface area contributed by atoms with Crippen LogP contribution in [0.25, 0.3) is 0 Å². The molecule has 3 rings (SSSR count). The molecule has 150 valence electrons. The predicted molar refractivity (Wildman–Crippen MR) is 100 cm³/mol. The molecule has 0 unspecified atom stereocenters. The number of nitrogens with zero attached hydrogens (tertiary/aromatic N) is 1. The van der Waals surface area contributed by atoms with Gasteiger partial charge < -0.3 is 20.6 Å². The monoisotopic (exact) mass is 393 g/mol. The maximum atomic E-state index is 14.4. The number of carbonyl (C=O) groups is 1. The second kappa shape index (κ2) is 7.44. The zero-order valence-corrected chi connectivity index (χ0v) is 15.8. The van der Waals surface area contributed by atoms with Crippen LogP contribution in [-0.2, 0) is 0 Å². The summed E-state index contributed by atoms with van der Waals surface area (Å²) in [7, 11) is 1.70. The van der Waals surface area contributed by atoms with Crippen LogP contribution in [0.4, 0.5) is 24.5 Å². The van der Waals surface area contributed by atoms with E-state index in [4.69, 9.17) is 0 Å². The van der Waals surface area contributed by atoms with Gasteiger partial charge in [0.1, 0.15) is 11.4 Å². The Morgan fingerprint density at radius 3 is 2.46 bits per heavy atom. The number of hydrogen-bond donors (Lipinski definition) is 3. The molecule has 1 amide bonds. The number of β-amino-alcohol motifs (C(OH)–C–C–N with tert-alkyl or cyclic N) is 1. The number of anilines is 2. The molecular weight excluding hydrogens is 371 g/mol. The van der Waals surface area contributed by atoms with Gasteiger partial charge in [0, 0.05) is 6.04 Å². The molecule has 0 saturated carbocycles. The highest BCUT2D eigenvalue weighted by atomic mass is 19.2. The molecule has 1 fully saturated rings. The Balaban J connectivity index is 1.90. The van der Waals surface area contributed by atoms with E-state index in [-0.39, 0.29) is 30.4 Å². The Kier molecular flexibility index (Phi) is 5.36. The third kappa shape index (κ3) is 3.57. The van der Waals surface area contributed by atoms with Gasteiger partial charge in [-0.25, -0.2) is 13.2 Å². The van der Waals surface area contributed by atoms with Crippen LogP contribution in [0.15, 0.2) is 30.3 Å². The Labute approximate surface area is 161 Å². The number of rotatable bonds is 5. The third-order valence-electron chi connectivity index (χ3n) is 5.17. The molecule has 28 heavy (non-hydrogen) atoms. The van der Waals surface area contributed by atoms with E-state index < -0.39 is 34.6 Å². The molecule has 2 aromatic carbocycles. The van der Waals surface area contributed by atoms with E-state index in [1.807, 2.05) is 0 Å². The van der Waals surface area contributed by atoms with E-state index in [0.29, 0.717) is 5.56 Å². The topological polar surface area (TPSA) is 64.6 Å². The van der Waals surface area contributed by atoms with Crippen molar-refractivity contribution >= 4 is 17.3 Å². The first kappa shape index (κ1) is 20.2. The van der Waals surface area contributed by atoms with Gasteiger partial charge in [0.2, 0.25) is 0 Å². The molecule has 0 aromatic heterocycles. The molecule has 1 aliphatic heterocycles. The minimum Gasteiger partial charge on any atom is -0.385 e. The summed E-state index contributed by atoms with van der Waals surface area (Å²) < 4.78 is 42.4. The number of nitrogens with one attached hydrogen (secondary N) is 2. The van der Waals surface area contributed by atoms with E-state index >= 15 is 0 Å². The van der Waals surface area contributed by atoms with Gasteiger partial charge in [0.25, 0.3) is 5.91 Å². The summed E-state index contributed by atoms with van der Waals surface area (Å²) in [6, 6.07) is 5.99. The van der Waals surface area contributed by atoms with E-state index in [9.17, 15) is 23.1 Å². The largest absolute Gasteiger partial charge is 0.385 e. The lowest BCUT2D eigenvalue weighted by atomic mass is 9.86. The first-order chi connectivity index (χ1) is 13.2. The van der Waals surface area contributed by atoms with Crippen LogP contribution in [0.2, 0.25) is 0 Å². The van der Waals surface area contributed by atoms with Gasteiger partial charge in [-0.05, 0) is 50.7 Å². The van der Waals surface area contributed by atoms with Crippen molar-refractivity contribution in [3.8, 4) is 0 Å². The summed E-state index contributed by atoms with van der Waals surface area (Å²) in [5, 5.41) is 15.9. The molecule has 8 heteroatoms. The standard InChI is InChI=1S/C20H22F3N3O2/c1-11-4-7-16(15(22)8-11)25-18-13(5-6-14(21)17(18)23)19(27)26-9-20(28,10-26)12(2)24-3/h4-8,12,24-25,28H,9-10H2,1-3H3/t12-/m0/s1. The van der Waals surface area contributed by atoms with Crippen molar-refractivity contribution in [2.24, 2.45) is 0 Å². The van der Waals surface area contributed by atoms with Gasteiger partial charge in [-0.2, -0.15) is 0 Å². The van der Waals surface area contributed by atoms with Gasteiger partial charge in [-0.3, -0.25) is 4.79 Å². The lowest BCUT2D eigenvalue weighted by Gasteiger charge is -2.49. The van der Waals surface area contributed by atoms with Crippen LogP contribution in [0, 0.1) is 24.4 Å². The zero-order valence-electron chi connectivity index (χ0n) is 15.8. The van der Waals surface area contributed by atoms with Crippen molar-refractivity contribution in [2.45, 2.75) is 25.5 Å². The molecule has 2 aromatic rings. The summed E-state index contributed by atoms with van der Waals surface area (Å²) in [5.74, 6) is -3.66. The third-order valence-corrected chi connectivity index (χ3v) is 5.17. The molecule has 0 spiro atoms. The summed E-state index contributed by atoms with van der Waals surface area (Å²) in [4.78, 5) is 14.1. The SMILES string of the molecule is CN[C@@H](C)C1(O)CN(C(=O)c2ccc(F)c(F)c2Nc2ccc(C)cc2F)C1. The smallest absolute Gasteiger partial charge is 0.256 e. The number of aliphatic hydroxyl groups is 1. The number of likely N-dealkylation sites (N-methyl/N-ethyl adjacent to an activating group) is 1. The number of amides is 1. The first-order valence-corrected chi connectivity index (χ1v) is 8.86. The molecule has 0 radical (unpaired) electrons. The number of aryl methyl sites for hydroxylation is 1. The second-order valence-electron chi connectivity index (χ2n) is 7.17. The predicted octanol–water partition coefficient (Wildman–Crippen LogP) is 2.95. The molecule has 1 aliphatic rings. The van der Waals surface area contributed by atoms with Gasteiger partial charge in [-0.15, -0.1) is 0 Å². The maximum Gasteiger partial charge on any atom is 0.256 e. The van der Waals surface area contributed by atoms with Gasteiger partial charge in [0.15, 0.2) is 11.6 Å². The van der Waals surface area contributed by atoms with Crippen LogP contribution < -0.4 is 10.6 Å². The number of hydrogen-bond acceptors (Lipinski definition) is 4. The van der Waals surface area contributed by atoms with E-state index in [1.165, 1.54) is 17.0 Å². The van der Waals surface area contributed by atoms with Crippen molar-refractivity contribution in [1.29, 1.82) is 0 Å². The van der Waals surface area contributed by atoms with Gasteiger partial charge >= 0.3 is 0 Å². The Morgan fingerprint density at radius 2 is 1.86 bits per heavy atom. The number of benzene rings is 2. The fraction of sp³-hybridized carbons (Fsp3) is 0.350. The van der Waals surface area contributed by atoms with E-state index in [0.717, 1.165) is 12.1 Å². The summed E-state index contributed by atoms with van der Waals surface area (Å²) in [5.41, 5.74) is -1.09. The Morgan fingerprint density at radius 1 is 1.18 bits per heavy atom. The van der Waals surface area contributed by atoms with Crippen LogP contribution in [0.1, 0.15) is 22.8 Å². The molecule has 1 saturated heterocycles. The fourth-order valence-electron chi connectivity index (χ4n) is 3.18. The minimum absolute atomic E-state index is 0.0468. The summed E-state index contributed by atoms with van der Waals surface area (Å²) in [6.07, 6.45) is 0. The first-order valence-electron chi connectivity index (χ1n) is 8.86. The molecule has 0 aliphatic carbocycles. The molecule has 3 N–H and O–H groups in total. The highest BCUT2D eigenvalue weighted by molar-refractivity contribution is 6.01. The molecule has 0 bridgehead atoms. The Hall–Kier alpha value is -2.58. The molecular formula is C20H22F3N3O2. The normalized spacial score (nSPS) is 16.5. The lowest BCUT2D eigenvalue weighted by Crippen LogP contribution is -2.70. The highest BCUT2D eigenvalue weighted by Crippen LogP contribution is 2.32. The number of carbonyl (C=O) groups excluding carboxylic acids is 1. The summed E-state index contributed by atoms with van der Waals surface area (Å²) >= 11 is 0.